The molecule has 5 N–H and O–H groups in total. The van der Waals surface area contributed by atoms with Crippen LogP contribution in [0.1, 0.15) is 24.0 Å². The second-order valence-corrected chi connectivity index (χ2v) is 4.49. The highest BCUT2D eigenvalue weighted by atomic mass is 15.1. The van der Waals surface area contributed by atoms with E-state index in [-0.39, 0.29) is 6.15 Å². The Morgan fingerprint density at radius 2 is 1.94 bits per heavy atom. The number of nitrogen functional groups attached to an aromatic ring is 1. The van der Waals surface area contributed by atoms with E-state index in [0.717, 1.165) is 12.1 Å². The van der Waals surface area contributed by atoms with E-state index in [1.807, 2.05) is 6.07 Å². The summed E-state index contributed by atoms with van der Waals surface area (Å²) < 4.78 is 0. The van der Waals surface area contributed by atoms with E-state index in [1.165, 1.54) is 43.6 Å². The molecular weight excluding hydrogens is 198 g/mol. The van der Waals surface area contributed by atoms with E-state index in [4.69, 9.17) is 5.73 Å². The van der Waals surface area contributed by atoms with Crippen LogP contribution in [0.3, 0.4) is 0 Å². The number of likely N-dealkylation sites (tertiary alicyclic amines) is 1. The summed E-state index contributed by atoms with van der Waals surface area (Å²) in [5, 5.41) is 0. The molecule has 0 bridgehead atoms. The van der Waals surface area contributed by atoms with Crippen molar-refractivity contribution in [3.63, 3.8) is 0 Å². The van der Waals surface area contributed by atoms with Crippen molar-refractivity contribution in [2.24, 2.45) is 0 Å². The molecule has 1 heterocycles. The van der Waals surface area contributed by atoms with Gasteiger partial charge in [-0.25, -0.2) is 0 Å². The first kappa shape index (κ1) is 13.0. The van der Waals surface area contributed by atoms with Crippen molar-refractivity contribution in [2.75, 3.05) is 25.4 Å². The second kappa shape index (κ2) is 5.87. The van der Waals surface area contributed by atoms with Crippen LogP contribution in [0, 0.1) is 6.92 Å². The van der Waals surface area contributed by atoms with Gasteiger partial charge < -0.3 is 16.8 Å². The van der Waals surface area contributed by atoms with Gasteiger partial charge in [-0.1, -0.05) is 12.1 Å². The van der Waals surface area contributed by atoms with Gasteiger partial charge in [-0.3, -0.25) is 0 Å². The SMILES string of the molecule is Cc1cc(CCN2CCCC2)ccc1N.N. The van der Waals surface area contributed by atoms with Crippen LogP contribution in [0.4, 0.5) is 5.69 Å². The van der Waals surface area contributed by atoms with E-state index in [9.17, 15) is 0 Å². The van der Waals surface area contributed by atoms with Crippen LogP contribution in [-0.2, 0) is 6.42 Å². The van der Waals surface area contributed by atoms with Gasteiger partial charge in [0.2, 0.25) is 0 Å². The summed E-state index contributed by atoms with van der Waals surface area (Å²) in [7, 11) is 0. The van der Waals surface area contributed by atoms with Crippen molar-refractivity contribution < 1.29 is 0 Å². The standard InChI is InChI=1S/C13H20N2.H3N/c1-11-10-12(4-5-13(11)14)6-9-15-7-2-3-8-15;/h4-5,10H,2-3,6-9,14H2,1H3;1H3. The fourth-order valence-electron chi connectivity index (χ4n) is 2.19. The number of aryl methyl sites for hydroxylation is 1. The first-order chi connectivity index (χ1) is 7.25. The Morgan fingerprint density at radius 3 is 2.56 bits per heavy atom. The number of hydrogen-bond donors (Lipinski definition) is 2. The molecule has 16 heavy (non-hydrogen) atoms. The molecule has 1 saturated heterocycles. The highest BCUT2D eigenvalue weighted by Crippen LogP contribution is 2.14. The number of benzene rings is 1. The minimum absolute atomic E-state index is 0. The Hall–Kier alpha value is -1.06. The van der Waals surface area contributed by atoms with Gasteiger partial charge >= 0.3 is 0 Å². The average molecular weight is 221 g/mol. The zero-order valence-corrected chi connectivity index (χ0v) is 10.2. The van der Waals surface area contributed by atoms with Gasteiger partial charge in [0.25, 0.3) is 0 Å². The number of hydrogen-bond acceptors (Lipinski definition) is 3. The molecule has 0 saturated carbocycles. The minimum atomic E-state index is 0. The van der Waals surface area contributed by atoms with Crippen LogP contribution in [0.25, 0.3) is 0 Å². The summed E-state index contributed by atoms with van der Waals surface area (Å²) in [6, 6.07) is 6.39. The van der Waals surface area contributed by atoms with Crippen LogP contribution in [0.2, 0.25) is 0 Å². The molecule has 3 nitrogen and oxygen atoms in total. The van der Waals surface area contributed by atoms with Crippen molar-refractivity contribution in [2.45, 2.75) is 26.2 Å². The topological polar surface area (TPSA) is 64.3 Å². The molecule has 1 fully saturated rings. The molecule has 0 unspecified atom stereocenters. The first-order valence-electron chi connectivity index (χ1n) is 5.83. The molecule has 0 atom stereocenters. The number of nitrogens with two attached hydrogens (primary N) is 1. The second-order valence-electron chi connectivity index (χ2n) is 4.49. The van der Waals surface area contributed by atoms with E-state index in [1.54, 1.807) is 0 Å². The van der Waals surface area contributed by atoms with Gasteiger partial charge in [0.05, 0.1) is 0 Å². The van der Waals surface area contributed by atoms with Crippen molar-refractivity contribution in [1.29, 1.82) is 0 Å². The highest BCUT2D eigenvalue weighted by molar-refractivity contribution is 5.47. The summed E-state index contributed by atoms with van der Waals surface area (Å²) in [6.45, 7) is 5.85. The van der Waals surface area contributed by atoms with Crippen molar-refractivity contribution >= 4 is 5.69 Å². The van der Waals surface area contributed by atoms with Crippen LogP contribution in [-0.4, -0.2) is 24.5 Å². The molecule has 90 valence electrons. The molecule has 0 amide bonds. The molecule has 0 radical (unpaired) electrons. The summed E-state index contributed by atoms with van der Waals surface area (Å²) in [6.07, 6.45) is 3.91. The van der Waals surface area contributed by atoms with Crippen LogP contribution in [0.5, 0.6) is 0 Å². The molecule has 1 aromatic rings. The fourth-order valence-corrected chi connectivity index (χ4v) is 2.19. The zero-order valence-electron chi connectivity index (χ0n) is 10.2. The zero-order chi connectivity index (χ0) is 10.7. The summed E-state index contributed by atoms with van der Waals surface area (Å²) in [4.78, 5) is 2.55. The molecule has 0 spiro atoms. The maximum Gasteiger partial charge on any atom is 0.0343 e. The third-order valence-corrected chi connectivity index (χ3v) is 3.25. The normalized spacial score (nSPS) is 16.1. The van der Waals surface area contributed by atoms with Crippen LogP contribution >= 0.6 is 0 Å². The number of rotatable bonds is 3. The van der Waals surface area contributed by atoms with Crippen LogP contribution in [0.15, 0.2) is 18.2 Å². The maximum absolute atomic E-state index is 5.80. The predicted octanol–water partition coefficient (Wildman–Crippen LogP) is 2.38. The lowest BCUT2D eigenvalue weighted by molar-refractivity contribution is 0.343. The third-order valence-electron chi connectivity index (χ3n) is 3.25. The van der Waals surface area contributed by atoms with E-state index >= 15 is 0 Å². The largest absolute Gasteiger partial charge is 0.399 e. The molecular formula is C13H23N3. The molecule has 1 aliphatic rings. The summed E-state index contributed by atoms with van der Waals surface area (Å²) in [5.74, 6) is 0. The lowest BCUT2D eigenvalue weighted by Gasteiger charge is -2.14. The van der Waals surface area contributed by atoms with Gasteiger partial charge in [0.15, 0.2) is 0 Å². The van der Waals surface area contributed by atoms with Gasteiger partial charge in [-0.05, 0) is 56.5 Å². The summed E-state index contributed by atoms with van der Waals surface area (Å²) in [5.41, 5.74) is 9.31. The molecule has 3 heteroatoms. The van der Waals surface area contributed by atoms with Crippen LogP contribution < -0.4 is 11.9 Å². The Labute approximate surface area is 98.2 Å². The predicted molar refractivity (Wildman–Crippen MR) is 70.0 cm³/mol. The maximum atomic E-state index is 5.80. The van der Waals surface area contributed by atoms with Gasteiger partial charge in [-0.15, -0.1) is 0 Å². The smallest absolute Gasteiger partial charge is 0.0343 e. The summed E-state index contributed by atoms with van der Waals surface area (Å²) >= 11 is 0. The first-order valence-corrected chi connectivity index (χ1v) is 5.83. The number of anilines is 1. The minimum Gasteiger partial charge on any atom is -0.399 e. The lowest BCUT2D eigenvalue weighted by atomic mass is 10.1. The number of nitrogens with zero attached hydrogens (tertiary/aromatic N) is 1. The van der Waals surface area contributed by atoms with Gasteiger partial charge in [0, 0.05) is 12.2 Å². The van der Waals surface area contributed by atoms with E-state index in [0.29, 0.717) is 0 Å². The Balaban J connectivity index is 0.00000128. The van der Waals surface area contributed by atoms with E-state index in [2.05, 4.69) is 24.0 Å². The van der Waals surface area contributed by atoms with Crippen molar-refractivity contribution in [3.05, 3.63) is 29.3 Å². The van der Waals surface area contributed by atoms with E-state index < -0.39 is 0 Å². The Morgan fingerprint density at radius 1 is 1.25 bits per heavy atom. The molecule has 0 aliphatic carbocycles. The molecule has 1 aromatic carbocycles. The van der Waals surface area contributed by atoms with Crippen molar-refractivity contribution in [3.8, 4) is 0 Å². The van der Waals surface area contributed by atoms with Crippen molar-refractivity contribution in [1.82, 2.24) is 11.1 Å². The Kier molecular flexibility index (Phi) is 4.77. The van der Waals surface area contributed by atoms with Gasteiger partial charge in [-0.2, -0.15) is 0 Å². The van der Waals surface area contributed by atoms with Gasteiger partial charge in [0.1, 0.15) is 0 Å². The monoisotopic (exact) mass is 221 g/mol. The highest BCUT2D eigenvalue weighted by Gasteiger charge is 2.10. The molecule has 1 aliphatic heterocycles. The Bertz CT molecular complexity index is 330. The average Bonchev–Trinajstić information content (AvgIpc) is 2.73. The third kappa shape index (κ3) is 3.22. The molecule has 0 aromatic heterocycles. The lowest BCUT2D eigenvalue weighted by Crippen LogP contribution is -2.21. The fraction of sp³-hybridized carbons (Fsp3) is 0.538. The quantitative estimate of drug-likeness (QED) is 0.770. The molecule has 2 rings (SSSR count).